The van der Waals surface area contributed by atoms with Crippen LogP contribution in [0.4, 0.5) is 13.2 Å². The maximum Gasteiger partial charge on any atom is 0.416 e. The van der Waals surface area contributed by atoms with Crippen molar-refractivity contribution in [1.29, 1.82) is 0 Å². The minimum absolute atomic E-state index is 0.335. The fraction of sp³-hybridized carbons (Fsp3) is 0.294. The lowest BCUT2D eigenvalue weighted by Crippen LogP contribution is -2.06. The Morgan fingerprint density at radius 2 is 1.76 bits per heavy atom. The van der Waals surface area contributed by atoms with Crippen LogP contribution in [-0.2, 0) is 11.9 Å². The highest BCUT2D eigenvalue weighted by molar-refractivity contribution is 7.98. The van der Waals surface area contributed by atoms with Gasteiger partial charge in [-0.2, -0.15) is 22.8 Å². The van der Waals surface area contributed by atoms with Crippen molar-refractivity contribution in [3.05, 3.63) is 52.6 Å². The van der Waals surface area contributed by atoms with Crippen molar-refractivity contribution in [3.8, 4) is 5.69 Å². The van der Waals surface area contributed by atoms with Crippen LogP contribution in [0.1, 0.15) is 28.3 Å². The minimum Gasteiger partial charge on any atom is -0.216 e. The molecule has 150 valence electrons. The van der Waals surface area contributed by atoms with Crippen LogP contribution >= 0.6 is 11.8 Å². The second-order valence-electron chi connectivity index (χ2n) is 6.35. The standard InChI is InChI=1S/C17H15F3N8S/c1-9-10(2)21-15-22-16(24-27(15)11(9)3)29-8-14-23-25-26-28(14)13-6-4-12(5-7-13)17(18,19)20/h4-7H,8H2,1-3H3. The summed E-state index contributed by atoms with van der Waals surface area (Å²) in [5, 5.41) is 16.4. The second-order valence-corrected chi connectivity index (χ2v) is 7.30. The summed E-state index contributed by atoms with van der Waals surface area (Å²) in [4.78, 5) is 8.85. The van der Waals surface area contributed by atoms with Crippen LogP contribution < -0.4 is 0 Å². The maximum absolute atomic E-state index is 12.7. The molecule has 0 radical (unpaired) electrons. The molecule has 0 spiro atoms. The van der Waals surface area contributed by atoms with E-state index in [1.807, 2.05) is 20.8 Å². The van der Waals surface area contributed by atoms with Crippen LogP contribution in [0, 0.1) is 20.8 Å². The third kappa shape index (κ3) is 3.67. The molecular formula is C17H15F3N8S. The predicted octanol–water partition coefficient (Wildman–Crippen LogP) is 3.34. The van der Waals surface area contributed by atoms with E-state index in [0.29, 0.717) is 28.2 Å². The predicted molar refractivity (Wildman–Crippen MR) is 98.7 cm³/mol. The van der Waals surface area contributed by atoms with E-state index in [9.17, 15) is 13.2 Å². The molecule has 0 aliphatic heterocycles. The van der Waals surface area contributed by atoms with Crippen molar-refractivity contribution in [2.24, 2.45) is 0 Å². The zero-order chi connectivity index (χ0) is 20.8. The largest absolute Gasteiger partial charge is 0.416 e. The van der Waals surface area contributed by atoms with E-state index in [1.54, 1.807) is 4.52 Å². The summed E-state index contributed by atoms with van der Waals surface area (Å²) in [6.07, 6.45) is -4.39. The lowest BCUT2D eigenvalue weighted by molar-refractivity contribution is -0.137. The molecule has 29 heavy (non-hydrogen) atoms. The summed E-state index contributed by atoms with van der Waals surface area (Å²) in [6.45, 7) is 5.84. The fourth-order valence-corrected chi connectivity index (χ4v) is 3.44. The smallest absolute Gasteiger partial charge is 0.216 e. The van der Waals surface area contributed by atoms with E-state index in [4.69, 9.17) is 0 Å². The van der Waals surface area contributed by atoms with E-state index in [1.165, 1.54) is 28.6 Å². The highest BCUT2D eigenvalue weighted by Gasteiger charge is 2.30. The molecule has 3 aromatic heterocycles. The summed E-state index contributed by atoms with van der Waals surface area (Å²) in [5.74, 6) is 1.31. The molecule has 12 heteroatoms. The molecule has 0 unspecified atom stereocenters. The van der Waals surface area contributed by atoms with Gasteiger partial charge in [0.2, 0.25) is 5.16 Å². The molecule has 3 heterocycles. The number of thioether (sulfide) groups is 1. The Morgan fingerprint density at radius 3 is 2.45 bits per heavy atom. The van der Waals surface area contributed by atoms with Gasteiger partial charge in [0.05, 0.1) is 17.0 Å². The summed E-state index contributed by atoms with van der Waals surface area (Å²) in [6, 6.07) is 4.65. The van der Waals surface area contributed by atoms with Crippen molar-refractivity contribution in [2.45, 2.75) is 37.9 Å². The molecule has 0 fully saturated rings. The SMILES string of the molecule is Cc1nc2nc(SCc3nnnn3-c3ccc(C(F)(F)F)cc3)nn2c(C)c1C. The van der Waals surface area contributed by atoms with Crippen LogP contribution in [0.3, 0.4) is 0 Å². The maximum atomic E-state index is 12.7. The van der Waals surface area contributed by atoms with Crippen molar-refractivity contribution in [3.63, 3.8) is 0 Å². The Balaban J connectivity index is 1.56. The van der Waals surface area contributed by atoms with E-state index in [2.05, 4.69) is 30.6 Å². The number of fused-ring (bicyclic) bond motifs is 1. The van der Waals surface area contributed by atoms with Crippen molar-refractivity contribution in [2.75, 3.05) is 0 Å². The highest BCUT2D eigenvalue weighted by Crippen LogP contribution is 2.30. The van der Waals surface area contributed by atoms with Crippen molar-refractivity contribution < 1.29 is 13.2 Å². The average Bonchev–Trinajstić information content (AvgIpc) is 3.30. The van der Waals surface area contributed by atoms with Crippen LogP contribution in [0.25, 0.3) is 11.5 Å². The van der Waals surface area contributed by atoms with Crippen LogP contribution in [-0.4, -0.2) is 39.8 Å². The van der Waals surface area contributed by atoms with Gasteiger partial charge in [0.25, 0.3) is 5.78 Å². The topological polar surface area (TPSA) is 86.7 Å². The quantitative estimate of drug-likeness (QED) is 0.468. The second kappa shape index (κ2) is 7.10. The number of aromatic nitrogens is 8. The van der Waals surface area contributed by atoms with Crippen molar-refractivity contribution >= 4 is 17.5 Å². The normalized spacial score (nSPS) is 12.1. The Bertz CT molecular complexity index is 1180. The van der Waals surface area contributed by atoms with Crippen LogP contribution in [0.2, 0.25) is 0 Å². The third-order valence-electron chi connectivity index (χ3n) is 4.55. The number of nitrogens with zero attached hydrogens (tertiary/aromatic N) is 8. The summed E-state index contributed by atoms with van der Waals surface area (Å²) < 4.78 is 41.3. The van der Waals surface area contributed by atoms with Gasteiger partial charge in [-0.1, -0.05) is 11.8 Å². The van der Waals surface area contributed by atoms with Gasteiger partial charge in [-0.15, -0.1) is 10.2 Å². The third-order valence-corrected chi connectivity index (χ3v) is 5.38. The first-order valence-electron chi connectivity index (χ1n) is 8.52. The Hall–Kier alpha value is -3.02. The number of tetrazole rings is 1. The molecular weight excluding hydrogens is 405 g/mol. The molecule has 0 atom stereocenters. The fourth-order valence-electron chi connectivity index (χ4n) is 2.72. The van der Waals surface area contributed by atoms with Gasteiger partial charge in [0.15, 0.2) is 5.82 Å². The number of halogens is 3. The number of benzene rings is 1. The lowest BCUT2D eigenvalue weighted by Gasteiger charge is -2.08. The minimum atomic E-state index is -4.39. The van der Waals surface area contributed by atoms with E-state index in [0.717, 1.165) is 29.1 Å². The molecule has 0 N–H and O–H groups in total. The first kappa shape index (κ1) is 19.3. The molecule has 4 rings (SSSR count). The van der Waals surface area contributed by atoms with Gasteiger partial charge in [-0.3, -0.25) is 0 Å². The first-order chi connectivity index (χ1) is 13.7. The lowest BCUT2D eigenvalue weighted by atomic mass is 10.2. The zero-order valence-corrected chi connectivity index (χ0v) is 16.5. The summed E-state index contributed by atoms with van der Waals surface area (Å²) >= 11 is 1.31. The number of hydrogen-bond donors (Lipinski definition) is 0. The van der Waals surface area contributed by atoms with Crippen LogP contribution in [0.5, 0.6) is 0 Å². The van der Waals surface area contributed by atoms with E-state index < -0.39 is 11.7 Å². The molecule has 0 saturated heterocycles. The molecule has 4 aromatic rings. The summed E-state index contributed by atoms with van der Waals surface area (Å²) in [7, 11) is 0. The molecule has 8 nitrogen and oxygen atoms in total. The number of hydrogen-bond acceptors (Lipinski definition) is 7. The zero-order valence-electron chi connectivity index (χ0n) is 15.6. The first-order valence-corrected chi connectivity index (χ1v) is 9.51. The Morgan fingerprint density at radius 1 is 1.03 bits per heavy atom. The highest BCUT2D eigenvalue weighted by atomic mass is 32.2. The van der Waals surface area contributed by atoms with Gasteiger partial charge in [0.1, 0.15) is 0 Å². The van der Waals surface area contributed by atoms with Gasteiger partial charge < -0.3 is 0 Å². The van der Waals surface area contributed by atoms with Crippen molar-refractivity contribution in [1.82, 2.24) is 39.8 Å². The Labute approximate surface area is 167 Å². The molecule has 0 aliphatic carbocycles. The summed E-state index contributed by atoms with van der Waals surface area (Å²) in [5.41, 5.74) is 2.61. The monoisotopic (exact) mass is 420 g/mol. The molecule has 0 bridgehead atoms. The number of aryl methyl sites for hydroxylation is 2. The Kier molecular flexibility index (Phi) is 4.73. The molecule has 0 aliphatic rings. The molecule has 0 amide bonds. The van der Waals surface area contributed by atoms with Crippen LogP contribution in [0.15, 0.2) is 29.4 Å². The molecule has 0 saturated carbocycles. The van der Waals surface area contributed by atoms with Gasteiger partial charge in [0, 0.05) is 11.4 Å². The van der Waals surface area contributed by atoms with Gasteiger partial charge >= 0.3 is 6.18 Å². The van der Waals surface area contributed by atoms with E-state index >= 15 is 0 Å². The average molecular weight is 420 g/mol. The van der Waals surface area contributed by atoms with Gasteiger partial charge in [-0.25, -0.2) is 9.50 Å². The van der Waals surface area contributed by atoms with E-state index in [-0.39, 0.29) is 0 Å². The molecule has 1 aromatic carbocycles. The number of rotatable bonds is 4. The number of alkyl halides is 3. The van der Waals surface area contributed by atoms with Gasteiger partial charge in [-0.05, 0) is 61.0 Å².